The zero-order valence-electron chi connectivity index (χ0n) is 63.2. The Bertz CT molecular complexity index is 4480. The van der Waals surface area contributed by atoms with Gasteiger partial charge in [-0.25, -0.2) is 40.1 Å². The minimum Gasteiger partial charge on any atom is -0.506 e. The Morgan fingerprint density at radius 3 is 0.808 bits per heavy atom. The summed E-state index contributed by atoms with van der Waals surface area (Å²) in [5.41, 5.74) is 0. The molecule has 8 heterocycles. The van der Waals surface area contributed by atoms with Gasteiger partial charge in [0, 0.05) is 27.7 Å². The van der Waals surface area contributed by atoms with Gasteiger partial charge >= 0.3 is 75.9 Å². The van der Waals surface area contributed by atoms with Crippen LogP contribution in [-0.4, -0.2) is 459 Å². The zero-order chi connectivity index (χ0) is 94.0. The molecule has 26 N–H and O–H groups in total. The fraction of sp³-hybridized carbons (Fsp3) is 0.821. The molecule has 38 atom stereocenters. The van der Waals surface area contributed by atoms with Crippen molar-refractivity contribution in [2.75, 3.05) is 26.4 Å². The summed E-state index contributed by atoms with van der Waals surface area (Å²) in [4.78, 5) is 103. The molecule has 718 valence electrons. The van der Waals surface area contributed by atoms with Crippen molar-refractivity contribution in [2.24, 2.45) is 0 Å². The van der Waals surface area contributed by atoms with Crippen LogP contribution in [-0.2, 0) is 182 Å². The lowest BCUT2D eigenvalue weighted by Crippen LogP contribution is -2.71. The van der Waals surface area contributed by atoms with Crippen LogP contribution in [0.1, 0.15) is 27.7 Å². The molecule has 7 saturated heterocycles. The molecule has 0 aromatic carbocycles. The van der Waals surface area contributed by atoms with Crippen molar-refractivity contribution in [1.82, 2.24) is 21.3 Å². The van der Waals surface area contributed by atoms with E-state index in [0.29, 0.717) is 20.8 Å². The third-order valence-corrected chi connectivity index (χ3v) is 21.1. The number of aliphatic hydroxyl groups excluding tert-OH is 13. The highest BCUT2D eigenvalue weighted by Crippen LogP contribution is 2.41. The summed E-state index contributed by atoms with van der Waals surface area (Å²) in [6, 6.07) is -9.31. The second kappa shape index (κ2) is 41.7. The molecule has 8 aliphatic rings. The van der Waals surface area contributed by atoms with E-state index in [1.165, 1.54) is 0 Å². The zero-order valence-corrected chi connectivity index (χ0v) is 67.2. The molecule has 0 aromatic heterocycles. The summed E-state index contributed by atoms with van der Waals surface area (Å²) in [5, 5.41) is 200. The number of amides is 4. The van der Waals surface area contributed by atoms with Crippen molar-refractivity contribution >= 4 is 99.5 Å². The van der Waals surface area contributed by atoms with Gasteiger partial charge in [0.05, 0.1) is 26.4 Å². The highest BCUT2D eigenvalue weighted by Gasteiger charge is 2.63. The lowest BCUT2D eigenvalue weighted by molar-refractivity contribution is -0.379. The molecule has 0 spiro atoms. The minimum atomic E-state index is -5.86. The van der Waals surface area contributed by atoms with Gasteiger partial charge < -0.3 is 179 Å². The second-order valence-corrected chi connectivity index (χ2v) is 33.2. The number of aliphatic hydroxyl groups is 13. The first kappa shape index (κ1) is 104. The fourth-order valence-corrected chi connectivity index (χ4v) is 15.3. The van der Waals surface area contributed by atoms with E-state index in [9.17, 15) is 185 Å². The minimum absolute atomic E-state index is 0.659. The van der Waals surface area contributed by atoms with E-state index in [2.05, 4.69) is 36.9 Å². The molecule has 0 radical (unpaired) electrons. The monoisotopic (exact) mass is 1930 g/mol. The average molecular weight is 1930 g/mol. The third kappa shape index (κ3) is 26.6. The van der Waals surface area contributed by atoms with Crippen LogP contribution in [0.4, 0.5) is 0 Å². The van der Waals surface area contributed by atoms with Gasteiger partial charge in [0.1, 0.15) is 158 Å². The van der Waals surface area contributed by atoms with Crippen LogP contribution >= 0.6 is 0 Å². The van der Waals surface area contributed by atoms with Gasteiger partial charge in [0.2, 0.25) is 35.7 Å². The maximum atomic E-state index is 13.4. The largest absolute Gasteiger partial charge is 0.506 e. The van der Waals surface area contributed by atoms with E-state index in [4.69, 9.17) is 75.6 Å². The Hall–Kier alpha value is -6.59. The van der Waals surface area contributed by atoms with Crippen LogP contribution in [0.2, 0.25) is 0 Å². The Balaban J connectivity index is 1.09. The molecule has 4 amide bonds. The maximum Gasteiger partial charge on any atom is 0.397 e. The number of nitrogens with one attached hydrogen (secondary N) is 4. The number of rotatable bonds is 36. The van der Waals surface area contributed by atoms with Crippen molar-refractivity contribution in [3.05, 3.63) is 11.5 Å². The number of carbonyl (C=O) groups excluding carboxylic acids is 4. The van der Waals surface area contributed by atoms with Gasteiger partial charge in [-0.05, 0) is 0 Å². The van der Waals surface area contributed by atoms with Gasteiger partial charge in [0.25, 0.3) is 0 Å². The molecule has 0 bridgehead atoms. The number of aliphatic carboxylic acids is 4. The molecular weight excluding hydrogens is 1850 g/mol. The number of carboxylic acids is 4. The Morgan fingerprint density at radius 2 is 0.560 bits per heavy atom. The van der Waals surface area contributed by atoms with E-state index in [-0.39, 0.29) is 0 Å². The summed E-state index contributed by atoms with van der Waals surface area (Å²) in [6.45, 7) is -3.36. The van der Waals surface area contributed by atoms with Gasteiger partial charge in [-0.15, -0.1) is 0 Å². The molecular formula is C56H84N4O60S5. The molecule has 3 unspecified atom stereocenters. The lowest BCUT2D eigenvalue weighted by Gasteiger charge is -2.51. The SMILES string of the molecule is CC(=O)N[C@@H]1[C@@H](O[C@@H]2O[C@H](C(=O)O)[C@@H](O[C@@H]3O[C@H](COS(=O)(=O)O)[C@H](O)[C@H](O[C@@H]4O[C@H](C(=O)O)[C@@H](O[C@@H]5O[C@H](COS(=O)(=O)O)[C@H](O)[C@H](O[C@@H]6O[C@H](C(=O)O)[C@@H](O[C@@H]7O[C@H](COS(=O)(=O)O)[C@H](O)[C@H](OC8OC(C(=O)O)=C(O)C(O)C8OS(=O)(=O)O)[C@H]7NC(C)=O)[C@H](O)[C@H]6O)[C@H]5NC(C)=O)[C@H](O)[C@H]4O)[C@H]3NC(C)=O)[C@H](O)[C@H]2O)[C@@H](O)[C@@H](COS(=O)(=O)O)O[C@H]1O. The Morgan fingerprint density at radius 1 is 0.312 bits per heavy atom. The van der Waals surface area contributed by atoms with E-state index in [0.717, 1.165) is 6.92 Å². The summed E-state index contributed by atoms with van der Waals surface area (Å²) in [6.07, 6.45) is -91.6. The summed E-state index contributed by atoms with van der Waals surface area (Å²) < 4.78 is 271. The molecule has 0 aliphatic carbocycles. The molecule has 7 fully saturated rings. The molecule has 125 heavy (non-hydrogen) atoms. The fourth-order valence-electron chi connectivity index (χ4n) is 13.6. The first-order valence-corrected chi connectivity index (χ1v) is 42.0. The predicted molar refractivity (Wildman–Crippen MR) is 365 cm³/mol. The van der Waals surface area contributed by atoms with E-state index in [1.54, 1.807) is 0 Å². The number of carboxylic acid groups (broad SMARTS) is 4. The van der Waals surface area contributed by atoms with E-state index in [1.807, 2.05) is 5.32 Å². The van der Waals surface area contributed by atoms with Crippen LogP contribution in [0.15, 0.2) is 11.5 Å². The van der Waals surface area contributed by atoms with Crippen LogP contribution in [0.3, 0.4) is 0 Å². The summed E-state index contributed by atoms with van der Waals surface area (Å²) in [5.74, 6) is -17.4. The molecule has 0 saturated carbocycles. The van der Waals surface area contributed by atoms with E-state index < -0.39 is 371 Å². The van der Waals surface area contributed by atoms with Crippen molar-refractivity contribution in [3.8, 4) is 0 Å². The van der Waals surface area contributed by atoms with Crippen molar-refractivity contribution in [3.63, 3.8) is 0 Å². The molecule has 69 heteroatoms. The van der Waals surface area contributed by atoms with Crippen LogP contribution in [0.5, 0.6) is 0 Å². The summed E-state index contributed by atoms with van der Waals surface area (Å²) >= 11 is 0. The number of ether oxygens (including phenoxy) is 15. The molecule has 8 rings (SSSR count). The van der Waals surface area contributed by atoms with Crippen LogP contribution in [0, 0.1) is 0 Å². The van der Waals surface area contributed by atoms with Crippen LogP contribution < -0.4 is 21.3 Å². The number of hydrogen-bond acceptors (Lipinski definition) is 51. The predicted octanol–water partition coefficient (Wildman–Crippen LogP) is -17.3. The average Bonchev–Trinajstić information content (AvgIpc) is 0.762. The standard InChI is InChI=1S/C56H84N4O60S5/c1-9(61)57-17-33(21(65)13(105-49(17)85)5-101-121(86,87)88)109-53-30(74)27(71)37(42(117-53)46(79)80)113-50-18(58-10(2)62)34(22(66)14(106-50)6-102-122(89,90)91)110-54-31(75)28(72)38(43(118-54)47(81)82)114-51-19(59-11(3)63)35(23(67)15(107-51)7-103-123(92,93)94)111-55-32(76)29(73)39(44(119-55)48(83)84)115-52-20(60-12(4)64)36(24(68)16(108-52)8-104-124(95,96)97)112-56-41(120-125(98,99)100)26(70)25(69)40(116-56)45(77)78/h13-24,26-39,41-44,49-56,65-76,85H,5-8H2,1-4H3,(H,57,61)(H,58,62)(H,59,63)(H,60,64)(H,77,78)(H,79,80)(H,81,82)(H,83,84)(H,86,87,88)(H,89,90,91)(H,92,93,94)(H,95,96,97)(H,98,99,100)/t13-,14-,15-,16-,17-,18-,19-,20-,21+,22+,23+,24+,26?,27-,28-,29-,30-,31-,32-,33-,34-,35-,36-,37+,38+,39+,41?,42+,43+,44+,49-,50+,51+,52+,53-,54-,55-,56?/m1/s1. The summed E-state index contributed by atoms with van der Waals surface area (Å²) in [7, 11) is -28.1. The van der Waals surface area contributed by atoms with Crippen molar-refractivity contribution < 1.29 is 282 Å². The number of hydrogen-bond donors (Lipinski definition) is 26. The van der Waals surface area contributed by atoms with Gasteiger partial charge in [0.15, 0.2) is 74.2 Å². The Labute approximate surface area is 699 Å². The van der Waals surface area contributed by atoms with Crippen molar-refractivity contribution in [2.45, 2.75) is 261 Å². The highest BCUT2D eigenvalue weighted by atomic mass is 32.3. The first-order chi connectivity index (χ1) is 57.6. The lowest BCUT2D eigenvalue weighted by atomic mass is 9.93. The molecule has 64 nitrogen and oxygen atoms in total. The van der Waals surface area contributed by atoms with Gasteiger partial charge in [-0.3, -0.25) is 41.9 Å². The molecule has 0 aromatic rings. The topological polar surface area (TPSA) is 985 Å². The van der Waals surface area contributed by atoms with Crippen LogP contribution in [0.25, 0.3) is 0 Å². The Kier molecular flexibility index (Phi) is 34.6. The van der Waals surface area contributed by atoms with Gasteiger partial charge in [-0.1, -0.05) is 0 Å². The van der Waals surface area contributed by atoms with Gasteiger partial charge in [-0.2, -0.15) is 42.1 Å². The van der Waals surface area contributed by atoms with Crippen molar-refractivity contribution in [1.29, 1.82) is 0 Å². The quantitative estimate of drug-likeness (QED) is 0.0259. The number of carbonyl (C=O) groups is 8. The smallest absolute Gasteiger partial charge is 0.397 e. The first-order valence-electron chi connectivity index (χ1n) is 35.1. The third-order valence-electron chi connectivity index (χ3n) is 18.9. The normalized spacial score (nSPS) is 40.6. The van der Waals surface area contributed by atoms with E-state index >= 15 is 0 Å². The second-order valence-electron chi connectivity index (χ2n) is 27.8. The highest BCUT2D eigenvalue weighted by molar-refractivity contribution is 7.81. The molecule has 8 aliphatic heterocycles. The maximum absolute atomic E-state index is 13.4.